The fourth-order valence-electron chi connectivity index (χ4n) is 2.42. The molecule has 90 valence electrons. The number of thiazole rings is 1. The molecule has 1 aromatic rings. The Morgan fingerprint density at radius 2 is 2.41 bits per heavy atom. The number of rotatable bonds is 3. The van der Waals surface area contributed by atoms with E-state index < -0.39 is 5.41 Å². The summed E-state index contributed by atoms with van der Waals surface area (Å²) in [6.45, 7) is 1.98. The summed E-state index contributed by atoms with van der Waals surface area (Å²) in [5.74, 6) is 0.147. The molecule has 17 heavy (non-hydrogen) atoms. The number of carbonyl (C=O) groups is 1. The maximum Gasteiger partial charge on any atom is 0.153 e. The highest BCUT2D eigenvalue weighted by Crippen LogP contribution is 2.37. The minimum Gasteiger partial charge on any atom is -0.298 e. The molecule has 0 aromatic carbocycles. The highest BCUT2D eigenvalue weighted by atomic mass is 32.1. The van der Waals surface area contributed by atoms with Gasteiger partial charge < -0.3 is 0 Å². The topological polar surface area (TPSA) is 53.8 Å². The largest absolute Gasteiger partial charge is 0.298 e. The molecular weight excluding hydrogens is 232 g/mol. The molecule has 0 spiro atoms. The van der Waals surface area contributed by atoms with Crippen LogP contribution >= 0.6 is 11.3 Å². The van der Waals surface area contributed by atoms with Crippen molar-refractivity contribution in [2.75, 3.05) is 0 Å². The summed E-state index contributed by atoms with van der Waals surface area (Å²) in [4.78, 5) is 17.4. The van der Waals surface area contributed by atoms with Crippen LogP contribution in [0.3, 0.4) is 0 Å². The molecule has 1 atom stereocenters. The summed E-state index contributed by atoms with van der Waals surface area (Å²) in [5, 5.41) is 9.33. The molecule has 1 aliphatic carbocycles. The molecule has 0 saturated heterocycles. The van der Waals surface area contributed by atoms with Crippen LogP contribution < -0.4 is 0 Å². The summed E-state index contributed by atoms with van der Waals surface area (Å²) in [5.41, 5.74) is 2.15. The third kappa shape index (κ3) is 2.39. The van der Waals surface area contributed by atoms with Gasteiger partial charge in [0.15, 0.2) is 5.78 Å². The van der Waals surface area contributed by atoms with Crippen molar-refractivity contribution < 1.29 is 4.79 Å². The Morgan fingerprint density at radius 3 is 3.00 bits per heavy atom. The van der Waals surface area contributed by atoms with Crippen molar-refractivity contribution in [3.05, 3.63) is 16.1 Å². The Morgan fingerprint density at radius 1 is 1.59 bits per heavy atom. The lowest BCUT2D eigenvalue weighted by Gasteiger charge is -2.28. The van der Waals surface area contributed by atoms with Crippen LogP contribution in [0.1, 0.15) is 42.7 Å². The number of carbonyl (C=O) groups excluding carboxylic acids is 1. The minimum atomic E-state index is -0.714. The molecular formula is C13H16N2OS. The molecule has 0 aliphatic heterocycles. The van der Waals surface area contributed by atoms with E-state index in [4.69, 9.17) is 0 Å². The van der Waals surface area contributed by atoms with Crippen LogP contribution in [0, 0.1) is 23.7 Å². The van der Waals surface area contributed by atoms with Crippen LogP contribution in [-0.4, -0.2) is 10.8 Å². The molecule has 1 aliphatic rings. The summed E-state index contributed by atoms with van der Waals surface area (Å²) in [6.07, 6.45) is 4.72. The summed E-state index contributed by atoms with van der Waals surface area (Å²) in [6, 6.07) is 2.28. The van der Waals surface area contributed by atoms with Gasteiger partial charge in [-0.25, -0.2) is 4.98 Å². The maximum atomic E-state index is 12.0. The molecule has 0 N–H and O–H groups in total. The lowest BCUT2D eigenvalue weighted by Crippen LogP contribution is -2.33. The first kappa shape index (κ1) is 12.3. The van der Waals surface area contributed by atoms with Crippen LogP contribution in [0.5, 0.6) is 0 Å². The van der Waals surface area contributed by atoms with Gasteiger partial charge >= 0.3 is 0 Å². The lowest BCUT2D eigenvalue weighted by atomic mass is 9.71. The molecule has 0 bridgehead atoms. The lowest BCUT2D eigenvalue weighted by molar-refractivity contribution is -0.128. The Hall–Kier alpha value is -1.21. The van der Waals surface area contributed by atoms with Crippen molar-refractivity contribution in [3.8, 4) is 6.07 Å². The van der Waals surface area contributed by atoms with E-state index in [9.17, 15) is 10.1 Å². The number of nitriles is 1. The molecule has 1 saturated carbocycles. The summed E-state index contributed by atoms with van der Waals surface area (Å²) in [7, 11) is 0. The smallest absolute Gasteiger partial charge is 0.153 e. The minimum absolute atomic E-state index is 0.147. The predicted molar refractivity (Wildman–Crippen MR) is 66.7 cm³/mol. The van der Waals surface area contributed by atoms with Crippen LogP contribution in [0.25, 0.3) is 0 Å². The average Bonchev–Trinajstić information content (AvgIpc) is 2.75. The second kappa shape index (κ2) is 4.97. The van der Waals surface area contributed by atoms with E-state index in [1.807, 2.05) is 12.4 Å². The van der Waals surface area contributed by atoms with Gasteiger partial charge in [0, 0.05) is 11.3 Å². The van der Waals surface area contributed by atoms with Crippen molar-refractivity contribution in [1.29, 1.82) is 5.26 Å². The van der Waals surface area contributed by atoms with Crippen LogP contribution in [0.2, 0.25) is 0 Å². The molecule has 2 rings (SSSR count). The number of hydrogen-bond acceptors (Lipinski definition) is 4. The maximum absolute atomic E-state index is 12.0. The zero-order valence-electron chi connectivity index (χ0n) is 10.0. The first-order valence-corrected chi connectivity index (χ1v) is 6.89. The van der Waals surface area contributed by atoms with Crippen molar-refractivity contribution in [2.45, 2.75) is 45.4 Å². The van der Waals surface area contributed by atoms with Gasteiger partial charge in [0.2, 0.25) is 0 Å². The molecule has 0 amide bonds. The average molecular weight is 248 g/mol. The van der Waals surface area contributed by atoms with Gasteiger partial charge in [0.05, 0.1) is 17.3 Å². The van der Waals surface area contributed by atoms with E-state index in [-0.39, 0.29) is 5.78 Å². The fraction of sp³-hybridized carbons (Fsp3) is 0.615. The molecule has 0 radical (unpaired) electrons. The molecule has 1 aromatic heterocycles. The van der Waals surface area contributed by atoms with Gasteiger partial charge in [0.25, 0.3) is 0 Å². The number of nitrogens with zero attached hydrogens (tertiary/aromatic N) is 2. The zero-order chi connectivity index (χ0) is 12.3. The Bertz CT molecular complexity index is 460. The van der Waals surface area contributed by atoms with Gasteiger partial charge in [-0.15, -0.1) is 11.3 Å². The highest BCUT2D eigenvalue weighted by Gasteiger charge is 2.39. The quantitative estimate of drug-likeness (QED) is 0.826. The number of hydrogen-bond donors (Lipinski definition) is 0. The molecule has 1 fully saturated rings. The second-order valence-electron chi connectivity index (χ2n) is 4.69. The highest BCUT2D eigenvalue weighted by molar-refractivity contribution is 7.09. The van der Waals surface area contributed by atoms with Gasteiger partial charge in [0.1, 0.15) is 5.41 Å². The Balaban J connectivity index is 2.08. The molecule has 3 nitrogen and oxygen atoms in total. The SMILES string of the molecule is Cc1ncsc1CCC1(C#N)CCCCC1=O. The van der Waals surface area contributed by atoms with E-state index in [0.29, 0.717) is 12.8 Å². The molecule has 1 heterocycles. The zero-order valence-corrected chi connectivity index (χ0v) is 10.8. The van der Waals surface area contributed by atoms with E-state index in [2.05, 4.69) is 11.1 Å². The molecule has 4 heteroatoms. The van der Waals surface area contributed by atoms with Gasteiger partial charge in [-0.3, -0.25) is 4.79 Å². The van der Waals surface area contributed by atoms with Crippen LogP contribution in [-0.2, 0) is 11.2 Å². The van der Waals surface area contributed by atoms with Crippen molar-refractivity contribution >= 4 is 17.1 Å². The van der Waals surface area contributed by atoms with Gasteiger partial charge in [-0.2, -0.15) is 5.26 Å². The molecule has 1 unspecified atom stereocenters. The van der Waals surface area contributed by atoms with Crippen molar-refractivity contribution in [3.63, 3.8) is 0 Å². The number of Topliss-reactive ketones (excluding diaryl/α,β-unsaturated/α-hetero) is 1. The third-order valence-electron chi connectivity index (χ3n) is 3.63. The van der Waals surface area contributed by atoms with Gasteiger partial charge in [-0.1, -0.05) is 6.42 Å². The van der Waals surface area contributed by atoms with E-state index in [1.54, 1.807) is 11.3 Å². The Labute approximate surface area is 105 Å². The normalized spacial score (nSPS) is 24.6. The predicted octanol–water partition coefficient (Wildman–Crippen LogP) is 3.04. The summed E-state index contributed by atoms with van der Waals surface area (Å²) >= 11 is 1.62. The van der Waals surface area contributed by atoms with Crippen LogP contribution in [0.15, 0.2) is 5.51 Å². The standard InChI is InChI=1S/C13H16N2OS/c1-10-11(17-9-15-10)5-7-13(8-14)6-3-2-4-12(13)16/h9H,2-7H2,1H3. The Kier molecular flexibility index (Phi) is 3.58. The number of aryl methyl sites for hydroxylation is 2. The van der Waals surface area contributed by atoms with Crippen molar-refractivity contribution in [1.82, 2.24) is 4.98 Å². The fourth-order valence-corrected chi connectivity index (χ4v) is 3.20. The first-order chi connectivity index (χ1) is 8.18. The van der Waals surface area contributed by atoms with Crippen LogP contribution in [0.4, 0.5) is 0 Å². The van der Waals surface area contributed by atoms with Crippen molar-refractivity contribution in [2.24, 2.45) is 5.41 Å². The van der Waals surface area contributed by atoms with E-state index in [1.165, 1.54) is 4.88 Å². The number of aromatic nitrogens is 1. The van der Waals surface area contributed by atoms with E-state index >= 15 is 0 Å². The number of ketones is 1. The third-order valence-corrected chi connectivity index (χ3v) is 4.62. The monoisotopic (exact) mass is 248 g/mol. The van der Waals surface area contributed by atoms with E-state index in [0.717, 1.165) is 31.4 Å². The van der Waals surface area contributed by atoms with Gasteiger partial charge in [-0.05, 0) is 32.6 Å². The summed E-state index contributed by atoms with van der Waals surface area (Å²) < 4.78 is 0. The first-order valence-electron chi connectivity index (χ1n) is 6.01. The second-order valence-corrected chi connectivity index (χ2v) is 5.62.